The Hall–Kier alpha value is -0.340. The van der Waals surface area contributed by atoms with E-state index >= 15 is 0 Å². The molecule has 0 saturated carbocycles. The van der Waals surface area contributed by atoms with Crippen LogP contribution in [-0.2, 0) is 0 Å². The second kappa shape index (κ2) is 7.32. The minimum absolute atomic E-state index is 0.248. The van der Waals surface area contributed by atoms with Gasteiger partial charge in [-0.3, -0.25) is 4.90 Å². The Balaban J connectivity index is 3.70. The summed E-state index contributed by atoms with van der Waals surface area (Å²) < 4.78 is 0. The third kappa shape index (κ3) is 5.33. The van der Waals surface area contributed by atoms with Crippen molar-refractivity contribution in [1.29, 1.82) is 0 Å². The summed E-state index contributed by atoms with van der Waals surface area (Å²) in [7, 11) is 0. The fraction of sp³-hybridized carbons (Fsp3) is 0.800. The van der Waals surface area contributed by atoms with Gasteiger partial charge in [-0.25, -0.2) is 0 Å². The predicted molar refractivity (Wildman–Crippen MR) is 53.2 cm³/mol. The van der Waals surface area contributed by atoms with Gasteiger partial charge < -0.3 is 5.11 Å². The quantitative estimate of drug-likeness (QED) is 0.614. The van der Waals surface area contributed by atoms with E-state index in [0.29, 0.717) is 6.04 Å². The van der Waals surface area contributed by atoms with E-state index < -0.39 is 0 Å². The maximum absolute atomic E-state index is 8.78. The number of hydrogen-bond acceptors (Lipinski definition) is 2. The van der Waals surface area contributed by atoms with E-state index in [-0.39, 0.29) is 6.61 Å². The smallest absolute Gasteiger partial charge is 0.0558 e. The van der Waals surface area contributed by atoms with Crippen LogP contribution in [0.2, 0.25) is 0 Å². The molecule has 0 bridgehead atoms. The van der Waals surface area contributed by atoms with Crippen molar-refractivity contribution in [3.63, 3.8) is 0 Å². The van der Waals surface area contributed by atoms with Gasteiger partial charge in [0.1, 0.15) is 0 Å². The first kappa shape index (κ1) is 11.7. The van der Waals surface area contributed by atoms with E-state index in [9.17, 15) is 0 Å². The van der Waals surface area contributed by atoms with Crippen molar-refractivity contribution in [2.24, 2.45) is 0 Å². The molecule has 0 aromatic heterocycles. The van der Waals surface area contributed by atoms with Crippen LogP contribution in [0, 0.1) is 0 Å². The van der Waals surface area contributed by atoms with E-state index in [2.05, 4.69) is 37.8 Å². The molecule has 0 aliphatic rings. The molecule has 1 N–H and O–H groups in total. The topological polar surface area (TPSA) is 23.5 Å². The van der Waals surface area contributed by atoms with Gasteiger partial charge in [0.2, 0.25) is 0 Å². The predicted octanol–water partition coefficient (Wildman–Crippen LogP) is 1.66. The fourth-order valence-electron chi connectivity index (χ4n) is 1.07. The lowest BCUT2D eigenvalue weighted by atomic mass is 10.3. The Bertz CT molecular complexity index is 121. The van der Waals surface area contributed by atoms with E-state index in [0.717, 1.165) is 19.5 Å². The first-order chi connectivity index (χ1) is 5.72. The van der Waals surface area contributed by atoms with Crippen LogP contribution in [0.15, 0.2) is 12.2 Å². The van der Waals surface area contributed by atoms with Crippen molar-refractivity contribution in [2.45, 2.75) is 33.2 Å². The molecule has 12 heavy (non-hydrogen) atoms. The zero-order valence-electron chi connectivity index (χ0n) is 8.45. The molecular weight excluding hydrogens is 150 g/mol. The molecule has 0 heterocycles. The minimum atomic E-state index is 0.248. The molecule has 0 rings (SSSR count). The van der Waals surface area contributed by atoms with Gasteiger partial charge in [0.15, 0.2) is 0 Å². The van der Waals surface area contributed by atoms with Gasteiger partial charge in [0.05, 0.1) is 6.61 Å². The lowest BCUT2D eigenvalue weighted by molar-refractivity contribution is 0.180. The van der Waals surface area contributed by atoms with E-state index in [1.807, 2.05) is 0 Å². The van der Waals surface area contributed by atoms with Crippen LogP contribution < -0.4 is 0 Å². The zero-order chi connectivity index (χ0) is 9.40. The summed E-state index contributed by atoms with van der Waals surface area (Å²) in [6.45, 7) is 8.39. The number of aliphatic hydroxyl groups excluding tert-OH is 1. The summed E-state index contributed by atoms with van der Waals surface area (Å²) >= 11 is 0. The van der Waals surface area contributed by atoms with Gasteiger partial charge in [-0.15, -0.1) is 0 Å². The average molecular weight is 171 g/mol. The van der Waals surface area contributed by atoms with Crippen molar-refractivity contribution in [1.82, 2.24) is 4.90 Å². The second-order valence-corrected chi connectivity index (χ2v) is 3.19. The number of nitrogens with zero attached hydrogens (tertiary/aromatic N) is 1. The van der Waals surface area contributed by atoms with Crippen LogP contribution >= 0.6 is 0 Å². The zero-order valence-corrected chi connectivity index (χ0v) is 8.45. The molecule has 0 aliphatic heterocycles. The Morgan fingerprint density at radius 3 is 2.42 bits per heavy atom. The summed E-state index contributed by atoms with van der Waals surface area (Å²) in [5, 5.41) is 8.78. The molecule has 72 valence electrons. The van der Waals surface area contributed by atoms with Crippen LogP contribution in [0.1, 0.15) is 27.2 Å². The van der Waals surface area contributed by atoms with Gasteiger partial charge in [-0.2, -0.15) is 0 Å². The first-order valence-electron chi connectivity index (χ1n) is 4.72. The van der Waals surface area contributed by atoms with E-state index in [1.165, 1.54) is 0 Å². The van der Waals surface area contributed by atoms with Crippen LogP contribution in [0.5, 0.6) is 0 Å². The molecule has 0 unspecified atom stereocenters. The van der Waals surface area contributed by atoms with Gasteiger partial charge in [-0.05, 0) is 20.3 Å². The van der Waals surface area contributed by atoms with Crippen molar-refractivity contribution in [3.05, 3.63) is 12.2 Å². The second-order valence-electron chi connectivity index (χ2n) is 3.19. The monoisotopic (exact) mass is 171 g/mol. The third-order valence-corrected chi connectivity index (χ3v) is 1.86. The molecule has 0 spiro atoms. The van der Waals surface area contributed by atoms with Crippen LogP contribution in [0.4, 0.5) is 0 Å². The third-order valence-electron chi connectivity index (χ3n) is 1.86. The number of rotatable bonds is 6. The van der Waals surface area contributed by atoms with Gasteiger partial charge >= 0.3 is 0 Å². The molecule has 0 aliphatic carbocycles. The largest absolute Gasteiger partial charge is 0.395 e. The highest BCUT2D eigenvalue weighted by Crippen LogP contribution is 1.97. The highest BCUT2D eigenvalue weighted by atomic mass is 16.3. The molecule has 0 aromatic rings. The standard InChI is InChI=1S/C10H21NO/c1-4-5-6-7-11(8-9-12)10(2)3/h5-6,10,12H,4,7-9H2,1-3H3/b6-5+. The van der Waals surface area contributed by atoms with E-state index in [1.54, 1.807) is 0 Å². The highest BCUT2D eigenvalue weighted by Gasteiger charge is 2.05. The fourth-order valence-corrected chi connectivity index (χ4v) is 1.07. The lowest BCUT2D eigenvalue weighted by Gasteiger charge is -2.23. The molecular formula is C10H21NO. The average Bonchev–Trinajstić information content (AvgIpc) is 2.03. The summed E-state index contributed by atoms with van der Waals surface area (Å²) in [5.41, 5.74) is 0. The Labute approximate surface area is 75.9 Å². The molecule has 0 radical (unpaired) electrons. The number of allylic oxidation sites excluding steroid dienone is 1. The van der Waals surface area contributed by atoms with Crippen molar-refractivity contribution < 1.29 is 5.11 Å². The molecule has 2 nitrogen and oxygen atoms in total. The Kier molecular flexibility index (Phi) is 7.11. The molecule has 0 amide bonds. The molecule has 2 heteroatoms. The Morgan fingerprint density at radius 1 is 1.33 bits per heavy atom. The molecule has 0 aromatic carbocycles. The summed E-state index contributed by atoms with van der Waals surface area (Å²) in [4.78, 5) is 2.24. The van der Waals surface area contributed by atoms with Crippen molar-refractivity contribution >= 4 is 0 Å². The highest BCUT2D eigenvalue weighted by molar-refractivity contribution is 4.84. The van der Waals surface area contributed by atoms with Gasteiger partial charge in [0.25, 0.3) is 0 Å². The van der Waals surface area contributed by atoms with Crippen LogP contribution in [0.3, 0.4) is 0 Å². The van der Waals surface area contributed by atoms with Crippen LogP contribution in [-0.4, -0.2) is 35.7 Å². The van der Waals surface area contributed by atoms with E-state index in [4.69, 9.17) is 5.11 Å². The van der Waals surface area contributed by atoms with Crippen molar-refractivity contribution in [3.8, 4) is 0 Å². The maximum atomic E-state index is 8.78. The molecule has 0 saturated heterocycles. The first-order valence-corrected chi connectivity index (χ1v) is 4.72. The maximum Gasteiger partial charge on any atom is 0.0558 e. The Morgan fingerprint density at radius 2 is 2.00 bits per heavy atom. The van der Waals surface area contributed by atoms with Crippen LogP contribution in [0.25, 0.3) is 0 Å². The summed E-state index contributed by atoms with van der Waals surface area (Å²) in [6, 6.07) is 0.513. The lowest BCUT2D eigenvalue weighted by Crippen LogP contribution is -2.33. The van der Waals surface area contributed by atoms with Gasteiger partial charge in [-0.1, -0.05) is 19.1 Å². The SMILES string of the molecule is CC/C=C/CN(CCO)C(C)C. The van der Waals surface area contributed by atoms with Gasteiger partial charge in [0, 0.05) is 19.1 Å². The normalized spacial score (nSPS) is 12.2. The van der Waals surface area contributed by atoms with Crippen molar-refractivity contribution in [2.75, 3.05) is 19.7 Å². The molecule has 0 fully saturated rings. The minimum Gasteiger partial charge on any atom is -0.395 e. The molecule has 0 atom stereocenters. The number of aliphatic hydroxyl groups is 1. The summed E-state index contributed by atoms with van der Waals surface area (Å²) in [6.07, 6.45) is 5.41. The summed E-state index contributed by atoms with van der Waals surface area (Å²) in [5.74, 6) is 0. The number of hydrogen-bond donors (Lipinski definition) is 1.